The summed E-state index contributed by atoms with van der Waals surface area (Å²) in [5.74, 6) is 0.377. The van der Waals surface area contributed by atoms with Gasteiger partial charge in [-0.3, -0.25) is 0 Å². The van der Waals surface area contributed by atoms with Gasteiger partial charge in [0.2, 0.25) is 9.84 Å². The van der Waals surface area contributed by atoms with Crippen LogP contribution in [0.3, 0.4) is 0 Å². The molecule has 1 aromatic carbocycles. The van der Waals surface area contributed by atoms with E-state index in [4.69, 9.17) is 15.2 Å². The number of thiazole rings is 1. The monoisotopic (exact) mass is 438 g/mol. The number of benzene rings is 1. The summed E-state index contributed by atoms with van der Waals surface area (Å²) < 4.78 is 42.7. The largest absolute Gasteiger partial charge is 0.497 e. The maximum Gasteiger partial charge on any atom is 0.404 e. The number of rotatable bonds is 8. The molecule has 29 heavy (non-hydrogen) atoms. The Kier molecular flexibility index (Phi) is 6.15. The first-order valence-corrected chi connectivity index (χ1v) is 10.5. The number of sulfone groups is 1. The molecule has 0 radical (unpaired) electrons. The lowest BCUT2D eigenvalue weighted by molar-refractivity contribution is 0.120. The molecule has 154 valence electrons. The van der Waals surface area contributed by atoms with E-state index in [0.717, 1.165) is 11.3 Å². The molecule has 0 aliphatic rings. The number of aromatic nitrogens is 3. The fourth-order valence-corrected chi connectivity index (χ4v) is 5.01. The van der Waals surface area contributed by atoms with Gasteiger partial charge >= 0.3 is 6.09 Å². The predicted molar refractivity (Wildman–Crippen MR) is 103 cm³/mol. The van der Waals surface area contributed by atoms with Crippen molar-refractivity contribution in [3.8, 4) is 16.9 Å². The first-order chi connectivity index (χ1) is 13.8. The number of amides is 1. The third-order valence-corrected chi connectivity index (χ3v) is 6.95. The molecule has 2 aromatic heterocycles. The molecule has 0 aliphatic heterocycles. The van der Waals surface area contributed by atoms with Crippen LogP contribution in [0.5, 0.6) is 5.75 Å². The summed E-state index contributed by atoms with van der Waals surface area (Å²) in [4.78, 5) is 14.7. The lowest BCUT2D eigenvalue weighted by Gasteiger charge is -2.08. The molecule has 0 bridgehead atoms. The Hall–Kier alpha value is -2.96. The normalized spacial score (nSPS) is 11.4. The van der Waals surface area contributed by atoms with E-state index < -0.39 is 15.9 Å². The molecule has 1 amide bonds. The number of primary amides is 1. The number of hydrogen-bond acceptors (Lipinski definition) is 9. The Morgan fingerprint density at radius 1 is 1.21 bits per heavy atom. The van der Waals surface area contributed by atoms with Gasteiger partial charge in [-0.05, 0) is 23.8 Å². The third kappa shape index (κ3) is 4.72. The van der Waals surface area contributed by atoms with Crippen molar-refractivity contribution in [3.63, 3.8) is 0 Å². The molecule has 0 unspecified atom stereocenters. The number of carbonyl (C=O) groups is 1. The summed E-state index contributed by atoms with van der Waals surface area (Å²) in [5, 5.41) is 4.48. The number of nitrogens with zero attached hydrogens (tertiary/aromatic N) is 3. The van der Waals surface area contributed by atoms with E-state index in [-0.39, 0.29) is 22.4 Å². The lowest BCUT2D eigenvalue weighted by Crippen LogP contribution is -2.12. The summed E-state index contributed by atoms with van der Waals surface area (Å²) in [5.41, 5.74) is 6.24. The van der Waals surface area contributed by atoms with Crippen LogP contribution >= 0.6 is 11.3 Å². The zero-order valence-corrected chi connectivity index (χ0v) is 17.2. The van der Waals surface area contributed by atoms with Crippen LogP contribution in [0.2, 0.25) is 0 Å². The first kappa shape index (κ1) is 20.8. The van der Waals surface area contributed by atoms with E-state index in [1.807, 2.05) is 0 Å². The Bertz CT molecular complexity index is 1120. The molecule has 0 fully saturated rings. The van der Waals surface area contributed by atoms with Gasteiger partial charge in [0.15, 0.2) is 0 Å². The van der Waals surface area contributed by atoms with Gasteiger partial charge in [0.1, 0.15) is 28.3 Å². The number of hydrogen-bond donors (Lipinski definition) is 1. The molecule has 2 N–H and O–H groups in total. The van der Waals surface area contributed by atoms with Gasteiger partial charge in [-0.1, -0.05) is 0 Å². The summed E-state index contributed by atoms with van der Waals surface area (Å²) in [6.07, 6.45) is 3.60. The SMILES string of the molecule is COCn1cc(-c2cc(OC)cc(S(=O)(=O)c3cnc(COC(N)=O)s3)c2)cn1. The van der Waals surface area contributed by atoms with E-state index >= 15 is 0 Å². The van der Waals surface area contributed by atoms with E-state index in [2.05, 4.69) is 14.8 Å². The van der Waals surface area contributed by atoms with Crippen molar-refractivity contribution in [1.82, 2.24) is 14.8 Å². The number of methoxy groups -OCH3 is 2. The highest BCUT2D eigenvalue weighted by atomic mass is 32.2. The first-order valence-electron chi connectivity index (χ1n) is 8.16. The minimum atomic E-state index is -3.87. The smallest absolute Gasteiger partial charge is 0.404 e. The van der Waals surface area contributed by atoms with Gasteiger partial charge in [-0.2, -0.15) is 5.10 Å². The molecule has 0 spiro atoms. The van der Waals surface area contributed by atoms with Gasteiger partial charge in [0, 0.05) is 18.9 Å². The second kappa shape index (κ2) is 8.59. The van der Waals surface area contributed by atoms with Crippen LogP contribution in [0.25, 0.3) is 11.1 Å². The highest BCUT2D eigenvalue weighted by Crippen LogP contribution is 2.33. The Balaban J connectivity index is 1.97. The van der Waals surface area contributed by atoms with E-state index in [1.165, 1.54) is 25.4 Å². The van der Waals surface area contributed by atoms with Crippen molar-refractivity contribution in [2.45, 2.75) is 22.4 Å². The topological polar surface area (TPSA) is 136 Å². The second-order valence-corrected chi connectivity index (χ2v) is 9.06. The lowest BCUT2D eigenvalue weighted by atomic mass is 10.1. The van der Waals surface area contributed by atoms with Crippen molar-refractivity contribution < 1.29 is 27.4 Å². The Morgan fingerprint density at radius 3 is 2.69 bits per heavy atom. The van der Waals surface area contributed by atoms with Crippen LogP contribution in [-0.4, -0.2) is 43.5 Å². The summed E-state index contributed by atoms with van der Waals surface area (Å²) >= 11 is 0.897. The quantitative estimate of drug-likeness (QED) is 0.564. The molecule has 2 heterocycles. The average Bonchev–Trinajstić information content (AvgIpc) is 3.36. The summed E-state index contributed by atoms with van der Waals surface area (Å²) in [7, 11) is -0.866. The Morgan fingerprint density at radius 2 is 2.00 bits per heavy atom. The zero-order valence-electron chi connectivity index (χ0n) is 15.6. The predicted octanol–water partition coefficient (Wildman–Crippen LogP) is 2.05. The van der Waals surface area contributed by atoms with Gasteiger partial charge in [-0.15, -0.1) is 11.3 Å². The zero-order chi connectivity index (χ0) is 21.0. The number of carbonyl (C=O) groups excluding carboxylic acids is 1. The molecule has 0 saturated carbocycles. The maximum absolute atomic E-state index is 13.1. The molecule has 0 atom stereocenters. The van der Waals surface area contributed by atoms with Crippen LogP contribution < -0.4 is 10.5 Å². The standard InChI is InChI=1S/C17H18N4O6S2/c1-25-10-21-8-12(6-20-21)11-3-13(26-2)5-14(4-11)29(23,24)16-7-19-15(28-16)9-27-17(18)22/h3-8H,9-10H2,1-2H3,(H2,18,22). The van der Waals surface area contributed by atoms with E-state index in [1.54, 1.807) is 30.3 Å². The summed E-state index contributed by atoms with van der Waals surface area (Å²) in [6.45, 7) is 0.0731. The average molecular weight is 438 g/mol. The fourth-order valence-electron chi connectivity index (χ4n) is 2.46. The van der Waals surface area contributed by atoms with Crippen LogP contribution in [-0.2, 0) is 32.6 Å². The van der Waals surface area contributed by atoms with Gasteiger partial charge in [0.05, 0.1) is 24.4 Å². The highest BCUT2D eigenvalue weighted by Gasteiger charge is 2.23. The van der Waals surface area contributed by atoms with E-state index in [9.17, 15) is 13.2 Å². The molecule has 0 aliphatic carbocycles. The fraction of sp³-hybridized carbons (Fsp3) is 0.235. The molecular weight excluding hydrogens is 420 g/mol. The van der Waals surface area contributed by atoms with Crippen molar-refractivity contribution in [3.05, 3.63) is 41.8 Å². The van der Waals surface area contributed by atoms with Gasteiger partial charge < -0.3 is 19.9 Å². The third-order valence-electron chi connectivity index (χ3n) is 3.79. The Labute approximate surface area is 170 Å². The molecule has 10 nitrogen and oxygen atoms in total. The highest BCUT2D eigenvalue weighted by molar-refractivity contribution is 7.93. The van der Waals surface area contributed by atoms with Crippen LogP contribution in [0.4, 0.5) is 4.79 Å². The van der Waals surface area contributed by atoms with Gasteiger partial charge in [-0.25, -0.2) is 22.9 Å². The van der Waals surface area contributed by atoms with Crippen molar-refractivity contribution in [2.75, 3.05) is 14.2 Å². The number of ether oxygens (including phenoxy) is 3. The number of nitrogens with two attached hydrogens (primary N) is 1. The van der Waals surface area contributed by atoms with Crippen molar-refractivity contribution in [1.29, 1.82) is 0 Å². The molecular formula is C17H18N4O6S2. The van der Waals surface area contributed by atoms with Crippen LogP contribution in [0, 0.1) is 0 Å². The van der Waals surface area contributed by atoms with Crippen molar-refractivity contribution in [2.24, 2.45) is 5.73 Å². The van der Waals surface area contributed by atoms with Crippen LogP contribution in [0.1, 0.15) is 5.01 Å². The summed E-state index contributed by atoms with van der Waals surface area (Å²) in [6, 6.07) is 4.68. The van der Waals surface area contributed by atoms with E-state index in [0.29, 0.717) is 21.9 Å². The maximum atomic E-state index is 13.1. The van der Waals surface area contributed by atoms with Gasteiger partial charge in [0.25, 0.3) is 0 Å². The minimum Gasteiger partial charge on any atom is -0.497 e. The van der Waals surface area contributed by atoms with Crippen LogP contribution in [0.15, 0.2) is 45.9 Å². The second-order valence-electron chi connectivity index (χ2n) is 5.77. The molecule has 0 saturated heterocycles. The molecule has 3 rings (SSSR count). The molecule has 12 heteroatoms. The molecule has 3 aromatic rings. The minimum absolute atomic E-state index is 0.00912. The van der Waals surface area contributed by atoms with Crippen molar-refractivity contribution >= 4 is 27.3 Å².